The molecule has 0 spiro atoms. The van der Waals surface area contributed by atoms with Gasteiger partial charge < -0.3 is 10.5 Å². The lowest BCUT2D eigenvalue weighted by molar-refractivity contribution is -0.114. The SMILES string of the molecule is CCCCCOC/C=C(\C)C(N)=O. The number of ether oxygens (including phenoxy) is 1. The topological polar surface area (TPSA) is 52.3 Å². The van der Waals surface area contributed by atoms with Gasteiger partial charge in [-0.2, -0.15) is 0 Å². The lowest BCUT2D eigenvalue weighted by Crippen LogP contribution is -2.12. The van der Waals surface area contributed by atoms with Gasteiger partial charge in [0.2, 0.25) is 5.91 Å². The fourth-order valence-corrected chi connectivity index (χ4v) is 0.822. The molecule has 0 saturated heterocycles. The van der Waals surface area contributed by atoms with Crippen LogP contribution < -0.4 is 5.73 Å². The fourth-order valence-electron chi connectivity index (χ4n) is 0.822. The summed E-state index contributed by atoms with van der Waals surface area (Å²) in [6.45, 7) is 5.09. The maximum Gasteiger partial charge on any atom is 0.244 e. The minimum atomic E-state index is -0.378. The third kappa shape index (κ3) is 7.53. The Balaban J connectivity index is 3.34. The molecule has 13 heavy (non-hydrogen) atoms. The van der Waals surface area contributed by atoms with E-state index in [0.29, 0.717) is 12.2 Å². The van der Waals surface area contributed by atoms with E-state index in [4.69, 9.17) is 10.5 Å². The summed E-state index contributed by atoms with van der Waals surface area (Å²) >= 11 is 0. The van der Waals surface area contributed by atoms with E-state index in [1.807, 2.05) is 0 Å². The molecule has 0 aliphatic heterocycles. The molecular weight excluding hydrogens is 166 g/mol. The van der Waals surface area contributed by atoms with Gasteiger partial charge in [0.05, 0.1) is 6.61 Å². The highest BCUT2D eigenvalue weighted by Gasteiger charge is 1.94. The molecule has 2 N–H and O–H groups in total. The zero-order valence-corrected chi connectivity index (χ0v) is 8.51. The second-order valence-corrected chi connectivity index (χ2v) is 3.03. The summed E-state index contributed by atoms with van der Waals surface area (Å²) in [6, 6.07) is 0. The molecule has 0 fully saturated rings. The van der Waals surface area contributed by atoms with Crippen LogP contribution in [0.1, 0.15) is 33.1 Å². The molecule has 1 amide bonds. The first-order chi connectivity index (χ1) is 6.18. The van der Waals surface area contributed by atoms with Gasteiger partial charge in [-0.1, -0.05) is 25.8 Å². The summed E-state index contributed by atoms with van der Waals surface area (Å²) < 4.78 is 5.27. The van der Waals surface area contributed by atoms with E-state index in [0.717, 1.165) is 13.0 Å². The van der Waals surface area contributed by atoms with Crippen molar-refractivity contribution in [3.8, 4) is 0 Å². The molecule has 3 nitrogen and oxygen atoms in total. The first kappa shape index (κ1) is 12.2. The summed E-state index contributed by atoms with van der Waals surface area (Å²) in [5, 5.41) is 0. The van der Waals surface area contributed by atoms with Crippen LogP contribution in [0.15, 0.2) is 11.6 Å². The number of primary amides is 1. The van der Waals surface area contributed by atoms with Crippen molar-refractivity contribution in [3.05, 3.63) is 11.6 Å². The minimum Gasteiger partial charge on any atom is -0.377 e. The molecular formula is C10H19NO2. The highest BCUT2D eigenvalue weighted by atomic mass is 16.5. The molecule has 0 radical (unpaired) electrons. The van der Waals surface area contributed by atoms with Gasteiger partial charge in [0.15, 0.2) is 0 Å². The molecule has 0 aliphatic carbocycles. The van der Waals surface area contributed by atoms with Crippen LogP contribution in [0, 0.1) is 0 Å². The van der Waals surface area contributed by atoms with Gasteiger partial charge in [0.25, 0.3) is 0 Å². The van der Waals surface area contributed by atoms with Crippen LogP contribution >= 0.6 is 0 Å². The van der Waals surface area contributed by atoms with E-state index >= 15 is 0 Å². The molecule has 0 bridgehead atoms. The van der Waals surface area contributed by atoms with Crippen molar-refractivity contribution in [2.24, 2.45) is 5.73 Å². The molecule has 0 aromatic rings. The number of hydrogen-bond acceptors (Lipinski definition) is 2. The van der Waals surface area contributed by atoms with Crippen molar-refractivity contribution in [3.63, 3.8) is 0 Å². The van der Waals surface area contributed by atoms with Crippen LogP contribution in [-0.2, 0) is 9.53 Å². The average molecular weight is 185 g/mol. The van der Waals surface area contributed by atoms with Crippen molar-refractivity contribution < 1.29 is 9.53 Å². The van der Waals surface area contributed by atoms with Crippen molar-refractivity contribution in [2.45, 2.75) is 33.1 Å². The van der Waals surface area contributed by atoms with Crippen molar-refractivity contribution >= 4 is 5.91 Å². The van der Waals surface area contributed by atoms with Gasteiger partial charge in [0.1, 0.15) is 0 Å². The Morgan fingerprint density at radius 2 is 2.15 bits per heavy atom. The molecule has 0 aromatic carbocycles. The van der Waals surface area contributed by atoms with E-state index in [2.05, 4.69) is 6.92 Å². The van der Waals surface area contributed by atoms with E-state index in [1.54, 1.807) is 13.0 Å². The molecule has 0 unspecified atom stereocenters. The van der Waals surface area contributed by atoms with Gasteiger partial charge in [-0.15, -0.1) is 0 Å². The Hall–Kier alpha value is -0.830. The molecule has 0 aromatic heterocycles. The molecule has 0 saturated carbocycles. The molecule has 0 heterocycles. The van der Waals surface area contributed by atoms with E-state index in [-0.39, 0.29) is 5.91 Å². The van der Waals surface area contributed by atoms with Crippen molar-refractivity contribution in [1.82, 2.24) is 0 Å². The maximum atomic E-state index is 10.6. The molecule has 3 heteroatoms. The molecule has 0 rings (SSSR count). The van der Waals surface area contributed by atoms with Gasteiger partial charge in [-0.05, 0) is 13.3 Å². The normalized spacial score (nSPS) is 11.7. The van der Waals surface area contributed by atoms with Crippen LogP contribution in [-0.4, -0.2) is 19.1 Å². The van der Waals surface area contributed by atoms with E-state index in [1.165, 1.54) is 12.8 Å². The van der Waals surface area contributed by atoms with Crippen LogP contribution in [0.4, 0.5) is 0 Å². The second kappa shape index (κ2) is 7.80. The van der Waals surface area contributed by atoms with Crippen molar-refractivity contribution in [1.29, 1.82) is 0 Å². The lowest BCUT2D eigenvalue weighted by atomic mass is 10.2. The molecule has 76 valence electrons. The standard InChI is InChI=1S/C10H19NO2/c1-3-4-5-7-13-8-6-9(2)10(11)12/h6H,3-5,7-8H2,1-2H3,(H2,11,12)/b9-6+. The Bertz CT molecular complexity index is 176. The summed E-state index contributed by atoms with van der Waals surface area (Å²) in [7, 11) is 0. The first-order valence-electron chi connectivity index (χ1n) is 4.72. The highest BCUT2D eigenvalue weighted by molar-refractivity contribution is 5.91. The van der Waals surface area contributed by atoms with Crippen LogP contribution in [0.2, 0.25) is 0 Å². The van der Waals surface area contributed by atoms with Gasteiger partial charge in [0, 0.05) is 12.2 Å². The Kier molecular flexibility index (Phi) is 7.30. The summed E-state index contributed by atoms with van der Waals surface area (Å²) in [5.41, 5.74) is 5.60. The smallest absolute Gasteiger partial charge is 0.244 e. The van der Waals surface area contributed by atoms with Crippen LogP contribution in [0.3, 0.4) is 0 Å². The average Bonchev–Trinajstić information content (AvgIpc) is 2.10. The zero-order chi connectivity index (χ0) is 10.1. The van der Waals surface area contributed by atoms with E-state index in [9.17, 15) is 4.79 Å². The van der Waals surface area contributed by atoms with Crippen LogP contribution in [0.5, 0.6) is 0 Å². The largest absolute Gasteiger partial charge is 0.377 e. The number of unbranched alkanes of at least 4 members (excludes halogenated alkanes) is 2. The third-order valence-electron chi connectivity index (χ3n) is 1.79. The summed E-state index contributed by atoms with van der Waals surface area (Å²) in [6.07, 6.45) is 5.19. The highest BCUT2D eigenvalue weighted by Crippen LogP contribution is 1.95. The Morgan fingerprint density at radius 3 is 2.69 bits per heavy atom. The monoisotopic (exact) mass is 185 g/mol. The predicted octanol–water partition coefficient (Wildman–Crippen LogP) is 1.62. The van der Waals surface area contributed by atoms with Crippen molar-refractivity contribution in [2.75, 3.05) is 13.2 Å². The first-order valence-corrected chi connectivity index (χ1v) is 4.72. The Labute approximate surface area is 79.9 Å². The predicted molar refractivity (Wildman–Crippen MR) is 53.3 cm³/mol. The third-order valence-corrected chi connectivity index (χ3v) is 1.79. The van der Waals surface area contributed by atoms with Gasteiger partial charge in [-0.3, -0.25) is 4.79 Å². The number of amides is 1. The fraction of sp³-hybridized carbons (Fsp3) is 0.700. The second-order valence-electron chi connectivity index (χ2n) is 3.03. The lowest BCUT2D eigenvalue weighted by Gasteiger charge is -2.00. The summed E-state index contributed by atoms with van der Waals surface area (Å²) in [5.74, 6) is -0.378. The number of carbonyl (C=O) groups is 1. The van der Waals surface area contributed by atoms with Gasteiger partial charge >= 0.3 is 0 Å². The minimum absolute atomic E-state index is 0.378. The number of nitrogens with two attached hydrogens (primary N) is 1. The van der Waals surface area contributed by atoms with Crippen LogP contribution in [0.25, 0.3) is 0 Å². The molecule has 0 atom stereocenters. The number of carbonyl (C=O) groups excluding carboxylic acids is 1. The number of hydrogen-bond donors (Lipinski definition) is 1. The van der Waals surface area contributed by atoms with Gasteiger partial charge in [-0.25, -0.2) is 0 Å². The number of rotatable bonds is 7. The molecule has 0 aliphatic rings. The summed E-state index contributed by atoms with van der Waals surface area (Å²) in [4.78, 5) is 10.6. The zero-order valence-electron chi connectivity index (χ0n) is 8.51. The quantitative estimate of drug-likeness (QED) is 0.484. The maximum absolute atomic E-state index is 10.6. The van der Waals surface area contributed by atoms with E-state index < -0.39 is 0 Å². The Morgan fingerprint density at radius 1 is 1.46 bits per heavy atom.